The van der Waals surface area contributed by atoms with Crippen LogP contribution in [0.4, 0.5) is 4.79 Å². The molecule has 0 unspecified atom stereocenters. The first kappa shape index (κ1) is 25.6. The third-order valence-electron chi connectivity index (χ3n) is 7.64. The lowest BCUT2D eigenvalue weighted by Crippen LogP contribution is -2.67. The fourth-order valence-electron chi connectivity index (χ4n) is 6.03. The van der Waals surface area contributed by atoms with E-state index in [1.807, 2.05) is 32.9 Å². The number of ether oxygens (including phenoxy) is 1. The second kappa shape index (κ2) is 8.59. The zero-order chi connectivity index (χ0) is 25.8. The van der Waals surface area contributed by atoms with Crippen molar-refractivity contribution >= 4 is 30.7 Å². The Morgan fingerprint density at radius 2 is 1.40 bits per heavy atom. The summed E-state index contributed by atoms with van der Waals surface area (Å²) < 4.78 is 12.8. The lowest BCUT2D eigenvalue weighted by atomic mass is 10.0. The van der Waals surface area contributed by atoms with Gasteiger partial charge in [0.2, 0.25) is 5.91 Å². The highest BCUT2D eigenvalue weighted by Gasteiger charge is 2.73. The first-order chi connectivity index (χ1) is 16.2. The van der Waals surface area contributed by atoms with Crippen LogP contribution in [-0.2, 0) is 14.0 Å². The number of rotatable bonds is 5. The fraction of sp³-hybridized carbons (Fsp3) is 0.517. The molecule has 0 spiro atoms. The summed E-state index contributed by atoms with van der Waals surface area (Å²) in [5.41, 5.74) is -0.821. The quantitative estimate of drug-likeness (QED) is 0.551. The van der Waals surface area contributed by atoms with E-state index in [0.29, 0.717) is 6.61 Å². The predicted molar refractivity (Wildman–Crippen MR) is 141 cm³/mol. The van der Waals surface area contributed by atoms with E-state index in [-0.39, 0.29) is 34.2 Å². The van der Waals surface area contributed by atoms with E-state index in [9.17, 15) is 9.59 Å². The van der Waals surface area contributed by atoms with Crippen LogP contribution in [0.25, 0.3) is 0 Å². The molecule has 4 rings (SSSR count). The number of nitrogens with zero attached hydrogens (tertiary/aromatic N) is 1. The first-order valence-corrected chi connectivity index (χ1v) is 14.4. The minimum absolute atomic E-state index is 0.0701. The molecule has 2 aliphatic rings. The third-order valence-corrected chi connectivity index (χ3v) is 12.6. The Hall–Kier alpha value is -2.44. The molecule has 2 aromatic carbocycles. The lowest BCUT2D eigenvalue weighted by molar-refractivity contribution is -0.132. The SMILES string of the molecule is CC(C)(C)OC(=O)N1C(=O)[C@@H]2[C@H]([C@@H]1CO[Si](c1ccccc1)(c1ccccc1)C(C)(C)C)C2(C)C. The van der Waals surface area contributed by atoms with Gasteiger partial charge in [0.05, 0.1) is 12.6 Å². The van der Waals surface area contributed by atoms with Crippen molar-refractivity contribution in [2.75, 3.05) is 6.61 Å². The molecule has 1 saturated carbocycles. The number of amides is 2. The molecule has 1 saturated heterocycles. The van der Waals surface area contributed by atoms with Crippen molar-refractivity contribution in [2.24, 2.45) is 17.3 Å². The van der Waals surface area contributed by atoms with Crippen molar-refractivity contribution < 1.29 is 18.8 Å². The van der Waals surface area contributed by atoms with Gasteiger partial charge in [-0.15, -0.1) is 0 Å². The molecule has 0 N–H and O–H groups in total. The average Bonchev–Trinajstić information content (AvgIpc) is 3.17. The van der Waals surface area contributed by atoms with Gasteiger partial charge in [0.1, 0.15) is 5.60 Å². The van der Waals surface area contributed by atoms with Gasteiger partial charge in [-0.2, -0.15) is 0 Å². The van der Waals surface area contributed by atoms with Gasteiger partial charge >= 0.3 is 6.09 Å². The Kier molecular flexibility index (Phi) is 6.30. The summed E-state index contributed by atoms with van der Waals surface area (Å²) in [6.07, 6.45) is -0.568. The number of carbonyl (C=O) groups excluding carboxylic acids is 2. The van der Waals surface area contributed by atoms with Crippen LogP contribution in [0.1, 0.15) is 55.4 Å². The molecule has 0 bridgehead atoms. The van der Waals surface area contributed by atoms with E-state index in [4.69, 9.17) is 9.16 Å². The van der Waals surface area contributed by atoms with E-state index in [1.54, 1.807) is 0 Å². The second-order valence-corrected chi connectivity index (χ2v) is 16.9. The topological polar surface area (TPSA) is 55.8 Å². The van der Waals surface area contributed by atoms with Crippen LogP contribution >= 0.6 is 0 Å². The molecule has 0 radical (unpaired) electrons. The van der Waals surface area contributed by atoms with Crippen molar-refractivity contribution in [3.63, 3.8) is 0 Å². The van der Waals surface area contributed by atoms with Crippen molar-refractivity contribution in [3.05, 3.63) is 60.7 Å². The molecule has 0 aromatic heterocycles. The molecule has 2 aromatic rings. The normalized spacial score (nSPS) is 23.7. The zero-order valence-corrected chi connectivity index (χ0v) is 23.3. The highest BCUT2D eigenvalue weighted by molar-refractivity contribution is 6.99. The summed E-state index contributed by atoms with van der Waals surface area (Å²) in [7, 11) is -2.80. The maximum Gasteiger partial charge on any atom is 0.417 e. The predicted octanol–water partition coefficient (Wildman–Crippen LogP) is 4.98. The molecule has 188 valence electrons. The van der Waals surface area contributed by atoms with Gasteiger partial charge in [0, 0.05) is 11.8 Å². The van der Waals surface area contributed by atoms with Crippen LogP contribution in [0.5, 0.6) is 0 Å². The summed E-state index contributed by atoms with van der Waals surface area (Å²) in [6.45, 7) is 16.7. The Morgan fingerprint density at radius 3 is 1.83 bits per heavy atom. The summed E-state index contributed by atoms with van der Waals surface area (Å²) in [6, 6.07) is 20.5. The molecule has 5 nitrogen and oxygen atoms in total. The Labute approximate surface area is 210 Å². The van der Waals surface area contributed by atoms with E-state index in [1.165, 1.54) is 15.3 Å². The maximum atomic E-state index is 13.3. The largest absolute Gasteiger partial charge is 0.443 e. The van der Waals surface area contributed by atoms with E-state index >= 15 is 0 Å². The van der Waals surface area contributed by atoms with Gasteiger partial charge in [-0.3, -0.25) is 4.79 Å². The molecule has 35 heavy (non-hydrogen) atoms. The molecule has 3 atom stereocenters. The fourth-order valence-corrected chi connectivity index (χ4v) is 10.6. The Balaban J connectivity index is 1.75. The van der Waals surface area contributed by atoms with Crippen molar-refractivity contribution in [1.29, 1.82) is 0 Å². The highest BCUT2D eigenvalue weighted by Crippen LogP contribution is 2.65. The van der Waals surface area contributed by atoms with Crippen molar-refractivity contribution in [1.82, 2.24) is 4.90 Å². The van der Waals surface area contributed by atoms with E-state index in [2.05, 4.69) is 83.1 Å². The molecular weight excluding hydrogens is 454 g/mol. The molecule has 1 aliphatic heterocycles. The maximum absolute atomic E-state index is 13.3. The van der Waals surface area contributed by atoms with Gasteiger partial charge in [-0.1, -0.05) is 95.3 Å². The molecule has 2 amide bonds. The smallest absolute Gasteiger partial charge is 0.417 e. The number of piperidine rings is 1. The molecule has 1 heterocycles. The third kappa shape index (κ3) is 4.36. The number of likely N-dealkylation sites (tertiary alicyclic amines) is 1. The molecule has 1 aliphatic carbocycles. The minimum Gasteiger partial charge on any atom is -0.443 e. The van der Waals surface area contributed by atoms with Gasteiger partial charge in [0.25, 0.3) is 8.32 Å². The molecular formula is C29H39NO4Si. The van der Waals surface area contributed by atoms with Gasteiger partial charge in [0.15, 0.2) is 0 Å². The highest BCUT2D eigenvalue weighted by atomic mass is 28.4. The average molecular weight is 494 g/mol. The number of carbonyl (C=O) groups is 2. The lowest BCUT2D eigenvalue weighted by Gasteiger charge is -2.44. The van der Waals surface area contributed by atoms with E-state index in [0.717, 1.165) is 0 Å². The van der Waals surface area contributed by atoms with Crippen LogP contribution in [0.3, 0.4) is 0 Å². The van der Waals surface area contributed by atoms with Crippen LogP contribution in [-0.4, -0.2) is 43.5 Å². The summed E-state index contributed by atoms with van der Waals surface area (Å²) in [5, 5.41) is 2.17. The Bertz CT molecular complexity index is 1050. The standard InChI is InChI=1S/C29H39NO4Si/c1-27(2,3)34-26(32)30-22(23-24(25(30)31)29(23,7)8)19-33-35(28(4,5)6,20-15-11-9-12-16-20)21-17-13-10-14-18-21/h9-18,22-24H,19H2,1-8H3/t22-,23-,24-/m0/s1. The zero-order valence-electron chi connectivity index (χ0n) is 22.3. The molecule has 2 fully saturated rings. The van der Waals surface area contributed by atoms with Crippen molar-refractivity contribution in [3.8, 4) is 0 Å². The second-order valence-electron chi connectivity index (χ2n) is 12.6. The van der Waals surface area contributed by atoms with Gasteiger partial charge in [-0.25, -0.2) is 9.69 Å². The number of imide groups is 1. The van der Waals surface area contributed by atoms with Gasteiger partial charge in [-0.05, 0) is 41.6 Å². The van der Waals surface area contributed by atoms with Crippen LogP contribution in [0.2, 0.25) is 5.04 Å². The summed E-state index contributed by atoms with van der Waals surface area (Å²) in [4.78, 5) is 27.9. The van der Waals surface area contributed by atoms with Crippen LogP contribution in [0.15, 0.2) is 60.7 Å². The summed E-state index contributed by atoms with van der Waals surface area (Å²) >= 11 is 0. The van der Waals surface area contributed by atoms with Gasteiger partial charge < -0.3 is 9.16 Å². The first-order valence-electron chi connectivity index (χ1n) is 12.5. The monoisotopic (exact) mass is 493 g/mol. The number of hydrogen-bond acceptors (Lipinski definition) is 4. The number of benzene rings is 2. The minimum atomic E-state index is -2.80. The summed E-state index contributed by atoms with van der Waals surface area (Å²) in [5.74, 6) is -0.228. The van der Waals surface area contributed by atoms with Crippen molar-refractivity contribution in [2.45, 2.75) is 72.1 Å². The number of fused-ring (bicyclic) bond motifs is 1. The molecule has 6 heteroatoms. The van der Waals surface area contributed by atoms with Crippen LogP contribution in [0, 0.1) is 17.3 Å². The van der Waals surface area contributed by atoms with E-state index < -0.39 is 20.0 Å². The number of hydrogen-bond donors (Lipinski definition) is 0. The Morgan fingerprint density at radius 1 is 0.914 bits per heavy atom. The van der Waals surface area contributed by atoms with Crippen LogP contribution < -0.4 is 10.4 Å².